The summed E-state index contributed by atoms with van der Waals surface area (Å²) in [7, 11) is 0. The molecule has 6 heteroatoms. The number of aromatic amines is 1. The van der Waals surface area contributed by atoms with E-state index in [0.29, 0.717) is 12.1 Å². The van der Waals surface area contributed by atoms with Crippen LogP contribution < -0.4 is 0 Å². The number of carbonyl (C=O) groups is 3. The zero-order chi connectivity index (χ0) is 18.4. The second kappa shape index (κ2) is 8.28. The van der Waals surface area contributed by atoms with E-state index in [4.69, 9.17) is 4.74 Å². The number of nitrogens with one attached hydrogen (secondary N) is 1. The van der Waals surface area contributed by atoms with E-state index in [-0.39, 0.29) is 30.0 Å². The molecule has 0 saturated heterocycles. The highest BCUT2D eigenvalue weighted by atomic mass is 16.5. The van der Waals surface area contributed by atoms with Crippen molar-refractivity contribution < 1.29 is 19.1 Å². The number of hydrogen-bond donors (Lipinski definition) is 1. The van der Waals surface area contributed by atoms with Crippen LogP contribution >= 0.6 is 0 Å². The molecule has 0 unspecified atom stereocenters. The summed E-state index contributed by atoms with van der Waals surface area (Å²) in [5, 5.41) is 0. The third kappa shape index (κ3) is 5.04. The SMILES string of the molecule is CC(=O)c1c[nH]c(C(=O)OCC(=O)N(Cc2ccccc2)C(C)C)c1. The summed E-state index contributed by atoms with van der Waals surface area (Å²) in [5.41, 5.74) is 1.55. The Morgan fingerprint density at radius 1 is 1.16 bits per heavy atom. The lowest BCUT2D eigenvalue weighted by Gasteiger charge is -2.26. The number of ketones is 1. The van der Waals surface area contributed by atoms with Gasteiger partial charge in [-0.1, -0.05) is 30.3 Å². The van der Waals surface area contributed by atoms with Gasteiger partial charge in [0.1, 0.15) is 5.69 Å². The smallest absolute Gasteiger partial charge is 0.355 e. The van der Waals surface area contributed by atoms with Crippen molar-refractivity contribution in [3.63, 3.8) is 0 Å². The molecule has 0 aliphatic carbocycles. The lowest BCUT2D eigenvalue weighted by Crippen LogP contribution is -2.39. The van der Waals surface area contributed by atoms with Crippen molar-refractivity contribution in [3.8, 4) is 0 Å². The minimum Gasteiger partial charge on any atom is -0.451 e. The predicted octanol–water partition coefficient (Wildman–Crippen LogP) is 2.81. The number of amides is 1. The molecule has 0 bridgehead atoms. The highest BCUT2D eigenvalue weighted by molar-refractivity contribution is 5.97. The topological polar surface area (TPSA) is 79.5 Å². The van der Waals surface area contributed by atoms with E-state index in [1.165, 1.54) is 19.2 Å². The molecule has 1 heterocycles. The van der Waals surface area contributed by atoms with Crippen LogP contribution in [0.1, 0.15) is 47.2 Å². The van der Waals surface area contributed by atoms with Crippen LogP contribution in [0, 0.1) is 0 Å². The first kappa shape index (κ1) is 18.4. The number of Topliss-reactive ketones (excluding diaryl/α,β-unsaturated/α-hetero) is 1. The van der Waals surface area contributed by atoms with Gasteiger partial charge in [-0.25, -0.2) is 4.79 Å². The summed E-state index contributed by atoms with van der Waals surface area (Å²) in [6, 6.07) is 11.0. The highest BCUT2D eigenvalue weighted by Crippen LogP contribution is 2.10. The molecule has 0 spiro atoms. The normalized spacial score (nSPS) is 10.6. The third-order valence-electron chi connectivity index (χ3n) is 3.78. The number of esters is 1. The molecule has 2 aromatic rings. The molecule has 0 fully saturated rings. The Kier molecular flexibility index (Phi) is 6.11. The molecule has 1 aromatic carbocycles. The van der Waals surface area contributed by atoms with E-state index in [1.54, 1.807) is 4.90 Å². The summed E-state index contributed by atoms with van der Waals surface area (Å²) in [4.78, 5) is 40.0. The molecule has 0 saturated carbocycles. The Morgan fingerprint density at radius 2 is 1.84 bits per heavy atom. The maximum Gasteiger partial charge on any atom is 0.355 e. The molecule has 0 atom stereocenters. The second-order valence-electron chi connectivity index (χ2n) is 6.04. The van der Waals surface area contributed by atoms with Crippen LogP contribution in [0.5, 0.6) is 0 Å². The molecule has 0 aliphatic rings. The molecule has 0 aliphatic heterocycles. The minimum absolute atomic E-state index is 0.0267. The van der Waals surface area contributed by atoms with E-state index < -0.39 is 5.97 Å². The molecule has 132 valence electrons. The summed E-state index contributed by atoms with van der Waals surface area (Å²) in [6.45, 7) is 5.33. The standard InChI is InChI=1S/C19H22N2O4/c1-13(2)21(11-15-7-5-4-6-8-15)18(23)12-25-19(24)17-9-16(10-20-17)14(3)22/h4-10,13,20H,11-12H2,1-3H3. The number of benzene rings is 1. The monoisotopic (exact) mass is 342 g/mol. The van der Waals surface area contributed by atoms with Gasteiger partial charge in [0.25, 0.3) is 5.91 Å². The van der Waals surface area contributed by atoms with Gasteiger partial charge in [0, 0.05) is 24.3 Å². The van der Waals surface area contributed by atoms with Crippen LogP contribution in [-0.4, -0.2) is 40.2 Å². The van der Waals surface area contributed by atoms with Crippen LogP contribution in [0.25, 0.3) is 0 Å². The number of H-pyrrole nitrogens is 1. The van der Waals surface area contributed by atoms with Crippen molar-refractivity contribution in [1.29, 1.82) is 0 Å². The highest BCUT2D eigenvalue weighted by Gasteiger charge is 2.20. The van der Waals surface area contributed by atoms with Crippen LogP contribution in [-0.2, 0) is 16.1 Å². The first-order chi connectivity index (χ1) is 11.9. The molecule has 6 nitrogen and oxygen atoms in total. The number of ether oxygens (including phenoxy) is 1. The Balaban J connectivity index is 1.96. The number of carbonyl (C=O) groups excluding carboxylic acids is 3. The van der Waals surface area contributed by atoms with Gasteiger partial charge in [-0.05, 0) is 32.4 Å². The Labute approximate surface area is 146 Å². The number of hydrogen-bond acceptors (Lipinski definition) is 4. The summed E-state index contributed by atoms with van der Waals surface area (Å²) in [6.07, 6.45) is 1.44. The van der Waals surface area contributed by atoms with Crippen LogP contribution in [0.2, 0.25) is 0 Å². The fraction of sp³-hybridized carbons (Fsp3) is 0.316. The van der Waals surface area contributed by atoms with Crippen molar-refractivity contribution in [2.75, 3.05) is 6.61 Å². The van der Waals surface area contributed by atoms with Crippen molar-refractivity contribution in [2.45, 2.75) is 33.4 Å². The minimum atomic E-state index is -0.663. The summed E-state index contributed by atoms with van der Waals surface area (Å²) >= 11 is 0. The van der Waals surface area contributed by atoms with Crippen LogP contribution in [0.15, 0.2) is 42.6 Å². The first-order valence-electron chi connectivity index (χ1n) is 8.08. The average molecular weight is 342 g/mol. The van der Waals surface area contributed by atoms with E-state index in [0.717, 1.165) is 5.56 Å². The first-order valence-corrected chi connectivity index (χ1v) is 8.08. The maximum atomic E-state index is 12.4. The molecule has 0 radical (unpaired) electrons. The van der Waals surface area contributed by atoms with E-state index in [2.05, 4.69) is 4.98 Å². The van der Waals surface area contributed by atoms with Gasteiger partial charge in [-0.3, -0.25) is 9.59 Å². The van der Waals surface area contributed by atoms with E-state index in [1.807, 2.05) is 44.2 Å². The van der Waals surface area contributed by atoms with Crippen molar-refractivity contribution in [2.24, 2.45) is 0 Å². The maximum absolute atomic E-state index is 12.4. The zero-order valence-corrected chi connectivity index (χ0v) is 14.6. The largest absolute Gasteiger partial charge is 0.451 e. The van der Waals surface area contributed by atoms with Gasteiger partial charge in [0.2, 0.25) is 0 Å². The van der Waals surface area contributed by atoms with E-state index >= 15 is 0 Å². The fourth-order valence-electron chi connectivity index (χ4n) is 2.34. The molecule has 1 N–H and O–H groups in total. The molecule has 25 heavy (non-hydrogen) atoms. The molecule has 1 aromatic heterocycles. The molecular formula is C19H22N2O4. The van der Waals surface area contributed by atoms with Crippen molar-refractivity contribution in [1.82, 2.24) is 9.88 Å². The average Bonchev–Trinajstić information content (AvgIpc) is 3.08. The molecule has 1 amide bonds. The lowest BCUT2D eigenvalue weighted by atomic mass is 10.2. The van der Waals surface area contributed by atoms with Gasteiger partial charge in [0.05, 0.1) is 0 Å². The van der Waals surface area contributed by atoms with E-state index in [9.17, 15) is 14.4 Å². The number of rotatable bonds is 7. The van der Waals surface area contributed by atoms with Gasteiger partial charge in [0.15, 0.2) is 12.4 Å². The number of aromatic nitrogens is 1. The van der Waals surface area contributed by atoms with Crippen molar-refractivity contribution in [3.05, 3.63) is 59.4 Å². The quantitative estimate of drug-likeness (QED) is 0.620. The fourth-order valence-corrected chi connectivity index (χ4v) is 2.34. The summed E-state index contributed by atoms with van der Waals surface area (Å²) < 4.78 is 5.08. The van der Waals surface area contributed by atoms with Gasteiger partial charge < -0.3 is 14.6 Å². The van der Waals surface area contributed by atoms with Crippen molar-refractivity contribution >= 4 is 17.7 Å². The summed E-state index contributed by atoms with van der Waals surface area (Å²) in [5.74, 6) is -1.09. The Hall–Kier alpha value is -2.89. The zero-order valence-electron chi connectivity index (χ0n) is 14.6. The lowest BCUT2D eigenvalue weighted by molar-refractivity contribution is -0.136. The van der Waals surface area contributed by atoms with Crippen LogP contribution in [0.3, 0.4) is 0 Å². The molecule has 2 rings (SSSR count). The van der Waals surface area contributed by atoms with Crippen LogP contribution in [0.4, 0.5) is 0 Å². The number of nitrogens with zero attached hydrogens (tertiary/aromatic N) is 1. The molecular weight excluding hydrogens is 320 g/mol. The van der Waals surface area contributed by atoms with Gasteiger partial charge >= 0.3 is 5.97 Å². The Morgan fingerprint density at radius 3 is 2.40 bits per heavy atom. The second-order valence-corrected chi connectivity index (χ2v) is 6.04. The van der Waals surface area contributed by atoms with Gasteiger partial charge in [-0.15, -0.1) is 0 Å². The third-order valence-corrected chi connectivity index (χ3v) is 3.78. The predicted molar refractivity (Wildman–Crippen MR) is 93.2 cm³/mol. The van der Waals surface area contributed by atoms with Gasteiger partial charge in [-0.2, -0.15) is 0 Å². The Bertz CT molecular complexity index is 750.